The molecule has 2 heterocycles. The number of carboxylic acids is 1. The number of hydrogen-bond acceptors (Lipinski definition) is 5. The number of H-pyrrole nitrogens is 1. The molecule has 3 aromatic rings. The predicted molar refractivity (Wildman–Crippen MR) is 125 cm³/mol. The van der Waals surface area contributed by atoms with E-state index in [0.29, 0.717) is 42.9 Å². The van der Waals surface area contributed by atoms with Crippen molar-refractivity contribution in [2.75, 3.05) is 19.6 Å². The number of likely N-dealkylation sites (tertiary alicyclic amines) is 1. The first kappa shape index (κ1) is 25.7. The number of halogens is 3. The number of nitrogens with zero attached hydrogens (tertiary/aromatic N) is 2. The first-order valence-electron chi connectivity index (χ1n) is 11.4. The number of aromatic nitrogens is 2. The van der Waals surface area contributed by atoms with Gasteiger partial charge in [-0.05, 0) is 42.5 Å². The molecular weight excluding hydrogens is 493 g/mol. The molecule has 9 nitrogen and oxygen atoms in total. The lowest BCUT2D eigenvalue weighted by Gasteiger charge is -2.32. The molecule has 0 bridgehead atoms. The highest BCUT2D eigenvalue weighted by Gasteiger charge is 2.30. The SMILES string of the molecule is O=C(O)c1cccc(-c2cc(C(=O)NCC(=O)N3CCC(Oc4ccc(C(F)(F)F)cc4)CC3)[nH]n2)c1. The van der Waals surface area contributed by atoms with E-state index >= 15 is 0 Å². The first-order chi connectivity index (χ1) is 17.6. The molecule has 1 aliphatic rings. The van der Waals surface area contributed by atoms with Gasteiger partial charge in [0.05, 0.1) is 23.4 Å². The molecule has 1 aromatic heterocycles. The molecule has 194 valence electrons. The van der Waals surface area contributed by atoms with Crippen molar-refractivity contribution in [1.82, 2.24) is 20.4 Å². The van der Waals surface area contributed by atoms with Crippen LogP contribution in [0.3, 0.4) is 0 Å². The molecule has 3 N–H and O–H groups in total. The van der Waals surface area contributed by atoms with Crippen molar-refractivity contribution in [2.24, 2.45) is 0 Å². The van der Waals surface area contributed by atoms with Crippen LogP contribution in [0.15, 0.2) is 54.6 Å². The minimum atomic E-state index is -4.41. The van der Waals surface area contributed by atoms with E-state index in [2.05, 4.69) is 15.5 Å². The Bertz CT molecular complexity index is 1280. The number of alkyl halides is 3. The van der Waals surface area contributed by atoms with Crippen molar-refractivity contribution in [3.8, 4) is 17.0 Å². The van der Waals surface area contributed by atoms with Crippen LogP contribution < -0.4 is 10.1 Å². The average Bonchev–Trinajstić information content (AvgIpc) is 3.38. The minimum absolute atomic E-state index is 0.0885. The van der Waals surface area contributed by atoms with Crippen LogP contribution in [-0.2, 0) is 11.0 Å². The Balaban J connectivity index is 1.24. The standard InChI is InChI=1S/C25H23F3N4O5/c26-25(27,28)17-4-6-18(7-5-17)37-19-8-10-32(11-9-19)22(33)14-29-23(34)21-13-20(30-31-21)15-2-1-3-16(12-15)24(35)36/h1-7,12-13,19H,8-11,14H2,(H,29,34)(H,30,31)(H,35,36). The van der Waals surface area contributed by atoms with Gasteiger partial charge in [0.15, 0.2) is 0 Å². The van der Waals surface area contributed by atoms with Gasteiger partial charge in [-0.1, -0.05) is 12.1 Å². The summed E-state index contributed by atoms with van der Waals surface area (Å²) >= 11 is 0. The number of carbonyl (C=O) groups is 3. The highest BCUT2D eigenvalue weighted by atomic mass is 19.4. The lowest BCUT2D eigenvalue weighted by atomic mass is 10.1. The number of carbonyl (C=O) groups excluding carboxylic acids is 2. The van der Waals surface area contributed by atoms with Gasteiger partial charge >= 0.3 is 12.1 Å². The van der Waals surface area contributed by atoms with Gasteiger partial charge in [-0.2, -0.15) is 18.3 Å². The maximum Gasteiger partial charge on any atom is 0.416 e. The summed E-state index contributed by atoms with van der Waals surface area (Å²) in [5, 5.41) is 18.3. The molecule has 2 aromatic carbocycles. The highest BCUT2D eigenvalue weighted by molar-refractivity contribution is 5.96. The molecule has 1 saturated heterocycles. The van der Waals surface area contributed by atoms with E-state index in [1.165, 1.54) is 30.3 Å². The van der Waals surface area contributed by atoms with E-state index in [9.17, 15) is 27.6 Å². The Morgan fingerprint density at radius 3 is 2.43 bits per heavy atom. The monoisotopic (exact) mass is 516 g/mol. The van der Waals surface area contributed by atoms with Crippen LogP contribution in [-0.4, -0.2) is 63.7 Å². The van der Waals surface area contributed by atoms with E-state index < -0.39 is 23.6 Å². The van der Waals surface area contributed by atoms with Gasteiger partial charge in [0.1, 0.15) is 17.5 Å². The number of aromatic amines is 1. The van der Waals surface area contributed by atoms with E-state index in [1.807, 2.05) is 0 Å². The van der Waals surface area contributed by atoms with Gasteiger partial charge in [0.2, 0.25) is 5.91 Å². The van der Waals surface area contributed by atoms with Crippen molar-refractivity contribution in [3.05, 3.63) is 71.4 Å². The molecular formula is C25H23F3N4O5. The molecule has 1 fully saturated rings. The third-order valence-corrected chi connectivity index (χ3v) is 5.91. The summed E-state index contributed by atoms with van der Waals surface area (Å²) < 4.78 is 43.8. The number of carboxylic acid groups (broad SMARTS) is 1. The molecule has 37 heavy (non-hydrogen) atoms. The summed E-state index contributed by atoms with van der Waals surface area (Å²) in [5.41, 5.74) is 0.362. The number of ether oxygens (including phenoxy) is 1. The molecule has 0 atom stereocenters. The second-order valence-electron chi connectivity index (χ2n) is 8.46. The molecule has 0 unspecified atom stereocenters. The van der Waals surface area contributed by atoms with E-state index in [0.717, 1.165) is 12.1 Å². The van der Waals surface area contributed by atoms with Crippen molar-refractivity contribution < 1.29 is 37.4 Å². The number of rotatable bonds is 7. The lowest BCUT2D eigenvalue weighted by Crippen LogP contribution is -2.46. The van der Waals surface area contributed by atoms with Crippen LogP contribution in [0.1, 0.15) is 39.3 Å². The number of benzene rings is 2. The fourth-order valence-electron chi connectivity index (χ4n) is 3.90. The van der Waals surface area contributed by atoms with Crippen LogP contribution >= 0.6 is 0 Å². The first-order valence-corrected chi connectivity index (χ1v) is 11.4. The van der Waals surface area contributed by atoms with E-state index in [1.54, 1.807) is 17.0 Å². The Hall–Kier alpha value is -4.35. The summed E-state index contributed by atoms with van der Waals surface area (Å²) in [7, 11) is 0. The fraction of sp³-hybridized carbons (Fsp3) is 0.280. The molecule has 0 spiro atoms. The molecule has 0 saturated carbocycles. The van der Waals surface area contributed by atoms with Crippen LogP contribution in [0.4, 0.5) is 13.2 Å². The van der Waals surface area contributed by atoms with Crippen molar-refractivity contribution in [2.45, 2.75) is 25.1 Å². The smallest absolute Gasteiger partial charge is 0.416 e. The molecule has 2 amide bonds. The summed E-state index contributed by atoms with van der Waals surface area (Å²) in [6.45, 7) is 0.536. The highest BCUT2D eigenvalue weighted by Crippen LogP contribution is 2.31. The Labute approximate surface area is 209 Å². The van der Waals surface area contributed by atoms with Gasteiger partial charge in [0, 0.05) is 31.5 Å². The Kier molecular flexibility index (Phi) is 7.46. The van der Waals surface area contributed by atoms with Crippen LogP contribution in [0.2, 0.25) is 0 Å². The predicted octanol–water partition coefficient (Wildman–Crippen LogP) is 3.59. The van der Waals surface area contributed by atoms with Crippen molar-refractivity contribution in [1.29, 1.82) is 0 Å². The van der Waals surface area contributed by atoms with Gasteiger partial charge in [-0.15, -0.1) is 0 Å². The van der Waals surface area contributed by atoms with E-state index in [-0.39, 0.29) is 29.8 Å². The third-order valence-electron chi connectivity index (χ3n) is 5.91. The minimum Gasteiger partial charge on any atom is -0.490 e. The normalized spacial score (nSPS) is 14.3. The van der Waals surface area contributed by atoms with Crippen molar-refractivity contribution >= 4 is 17.8 Å². The average molecular weight is 516 g/mol. The molecule has 0 radical (unpaired) electrons. The van der Waals surface area contributed by atoms with Crippen LogP contribution in [0, 0.1) is 0 Å². The zero-order valence-corrected chi connectivity index (χ0v) is 19.4. The van der Waals surface area contributed by atoms with Gasteiger partial charge in [0.25, 0.3) is 5.91 Å². The largest absolute Gasteiger partial charge is 0.490 e. The molecule has 0 aliphatic carbocycles. The van der Waals surface area contributed by atoms with Crippen molar-refractivity contribution in [3.63, 3.8) is 0 Å². The second-order valence-corrected chi connectivity index (χ2v) is 8.46. The zero-order valence-electron chi connectivity index (χ0n) is 19.4. The summed E-state index contributed by atoms with van der Waals surface area (Å²) in [6.07, 6.45) is -3.65. The molecule has 1 aliphatic heterocycles. The fourth-order valence-corrected chi connectivity index (χ4v) is 3.90. The maximum absolute atomic E-state index is 12.7. The van der Waals surface area contributed by atoms with E-state index in [4.69, 9.17) is 9.84 Å². The number of aromatic carboxylic acids is 1. The number of amides is 2. The third kappa shape index (κ3) is 6.46. The molecule has 12 heteroatoms. The Morgan fingerprint density at radius 1 is 1.08 bits per heavy atom. The number of hydrogen-bond donors (Lipinski definition) is 3. The second kappa shape index (κ2) is 10.7. The quantitative estimate of drug-likeness (QED) is 0.441. The number of nitrogens with one attached hydrogen (secondary N) is 2. The number of piperidine rings is 1. The summed E-state index contributed by atoms with van der Waals surface area (Å²) in [6, 6.07) is 12.1. The topological polar surface area (TPSA) is 125 Å². The van der Waals surface area contributed by atoms with Gasteiger partial charge < -0.3 is 20.1 Å². The van der Waals surface area contributed by atoms with Gasteiger partial charge in [-0.3, -0.25) is 14.7 Å². The molecule has 4 rings (SSSR count). The lowest BCUT2D eigenvalue weighted by molar-refractivity contribution is -0.137. The van der Waals surface area contributed by atoms with Crippen LogP contribution in [0.25, 0.3) is 11.3 Å². The van der Waals surface area contributed by atoms with Crippen LogP contribution in [0.5, 0.6) is 5.75 Å². The zero-order chi connectivity index (χ0) is 26.6. The maximum atomic E-state index is 12.7. The van der Waals surface area contributed by atoms with Gasteiger partial charge in [-0.25, -0.2) is 4.79 Å². The summed E-state index contributed by atoms with van der Waals surface area (Å²) in [4.78, 5) is 37.7. The summed E-state index contributed by atoms with van der Waals surface area (Å²) in [5.74, 6) is -1.57. The Morgan fingerprint density at radius 2 is 1.78 bits per heavy atom.